The van der Waals surface area contributed by atoms with Crippen molar-refractivity contribution in [2.45, 2.75) is 27.3 Å². The molecule has 0 amide bonds. The minimum absolute atomic E-state index is 0.231. The number of nitrogens with zero attached hydrogens (tertiary/aromatic N) is 3. The van der Waals surface area contributed by atoms with Crippen molar-refractivity contribution in [1.82, 2.24) is 14.5 Å². The van der Waals surface area contributed by atoms with Crippen molar-refractivity contribution < 1.29 is 4.74 Å². The van der Waals surface area contributed by atoms with E-state index in [1.165, 1.54) is 17.4 Å². The Morgan fingerprint density at radius 3 is 2.93 bits per heavy atom. The number of anilines is 1. The number of thiazole rings is 1. The number of aromatic nitrogens is 3. The van der Waals surface area contributed by atoms with Crippen molar-refractivity contribution in [2.75, 3.05) is 12.0 Å². The normalized spacial score (nSPS) is 11.5. The first kappa shape index (κ1) is 19.6. The van der Waals surface area contributed by atoms with Crippen LogP contribution in [-0.4, -0.2) is 26.9 Å². The van der Waals surface area contributed by atoms with Crippen LogP contribution in [0.15, 0.2) is 45.7 Å². The molecule has 8 nitrogen and oxygen atoms in total. The van der Waals surface area contributed by atoms with E-state index in [2.05, 4.69) is 20.5 Å². The summed E-state index contributed by atoms with van der Waals surface area (Å²) >= 11 is 1.38. The van der Waals surface area contributed by atoms with Crippen LogP contribution in [0.4, 0.5) is 5.95 Å². The zero-order valence-electron chi connectivity index (χ0n) is 15.9. The summed E-state index contributed by atoms with van der Waals surface area (Å²) in [7, 11) is 0. The van der Waals surface area contributed by atoms with Gasteiger partial charge in [-0.2, -0.15) is 5.10 Å². The Labute approximate surface area is 166 Å². The van der Waals surface area contributed by atoms with E-state index in [0.717, 1.165) is 22.6 Å². The third-order valence-corrected chi connectivity index (χ3v) is 4.71. The molecule has 2 aromatic heterocycles. The van der Waals surface area contributed by atoms with Gasteiger partial charge < -0.3 is 9.30 Å². The molecule has 2 heterocycles. The average molecular weight is 398 g/mol. The van der Waals surface area contributed by atoms with Crippen LogP contribution in [0.3, 0.4) is 0 Å². The lowest BCUT2D eigenvalue weighted by Gasteiger charge is -2.13. The molecule has 3 N–H and O–H groups in total. The fourth-order valence-electron chi connectivity index (χ4n) is 2.67. The van der Waals surface area contributed by atoms with Crippen LogP contribution in [0.25, 0.3) is 0 Å². The predicted molar refractivity (Wildman–Crippen MR) is 110 cm³/mol. The molecule has 0 fully saturated rings. The molecular weight excluding hydrogens is 376 g/mol. The summed E-state index contributed by atoms with van der Waals surface area (Å²) in [6, 6.07) is 7.27. The Hall–Kier alpha value is -3.20. The minimum atomic E-state index is -0.231. The number of H-pyrrole nitrogens is 1. The maximum absolute atomic E-state index is 11.5. The quantitative estimate of drug-likeness (QED) is 0.420. The van der Waals surface area contributed by atoms with Crippen LogP contribution >= 0.6 is 11.3 Å². The molecule has 0 atom stereocenters. The zero-order valence-corrected chi connectivity index (χ0v) is 16.8. The van der Waals surface area contributed by atoms with Gasteiger partial charge in [0.2, 0.25) is 5.95 Å². The van der Waals surface area contributed by atoms with Crippen LogP contribution in [0.1, 0.15) is 30.7 Å². The van der Waals surface area contributed by atoms with Crippen molar-refractivity contribution in [1.29, 1.82) is 5.41 Å². The van der Waals surface area contributed by atoms with Gasteiger partial charge >= 0.3 is 0 Å². The maximum Gasteiger partial charge on any atom is 0.252 e. The lowest BCUT2D eigenvalue weighted by Crippen LogP contribution is -2.14. The highest BCUT2D eigenvalue weighted by Gasteiger charge is 2.09. The van der Waals surface area contributed by atoms with E-state index < -0.39 is 0 Å². The van der Waals surface area contributed by atoms with Gasteiger partial charge in [-0.15, -0.1) is 11.3 Å². The van der Waals surface area contributed by atoms with Gasteiger partial charge in [-0.05, 0) is 44.5 Å². The van der Waals surface area contributed by atoms with Gasteiger partial charge in [-0.1, -0.05) is 0 Å². The van der Waals surface area contributed by atoms with E-state index in [1.54, 1.807) is 6.92 Å². The van der Waals surface area contributed by atoms with Gasteiger partial charge in [0.15, 0.2) is 4.80 Å². The average Bonchev–Trinajstić information content (AvgIpc) is 3.05. The molecule has 0 aliphatic rings. The maximum atomic E-state index is 11.5. The Bertz CT molecular complexity index is 1110. The number of aryl methyl sites for hydroxylation is 1. The Kier molecular flexibility index (Phi) is 6.05. The van der Waals surface area contributed by atoms with Crippen LogP contribution in [0.2, 0.25) is 0 Å². The third-order valence-electron chi connectivity index (χ3n) is 4.00. The van der Waals surface area contributed by atoms with E-state index in [-0.39, 0.29) is 5.56 Å². The van der Waals surface area contributed by atoms with Gasteiger partial charge in [-0.25, -0.2) is 10.4 Å². The summed E-state index contributed by atoms with van der Waals surface area (Å²) in [5.41, 5.74) is 5.78. The summed E-state index contributed by atoms with van der Waals surface area (Å²) in [6.07, 6.45) is 1.89. The Balaban J connectivity index is 1.88. The number of hydrogen-bond acceptors (Lipinski definition) is 7. The van der Waals surface area contributed by atoms with E-state index >= 15 is 0 Å². The summed E-state index contributed by atoms with van der Waals surface area (Å²) in [4.78, 5) is 18.8. The second-order valence-corrected chi connectivity index (χ2v) is 7.03. The van der Waals surface area contributed by atoms with E-state index in [0.29, 0.717) is 29.6 Å². The fraction of sp³-hybridized carbons (Fsp3) is 0.263. The predicted octanol–water partition coefficient (Wildman–Crippen LogP) is 2.70. The minimum Gasteiger partial charge on any atom is -0.494 e. The lowest BCUT2D eigenvalue weighted by atomic mass is 10.1. The zero-order chi connectivity index (χ0) is 20.1. The highest BCUT2D eigenvalue weighted by atomic mass is 32.1. The molecule has 0 aliphatic heterocycles. The molecule has 0 saturated heterocycles. The van der Waals surface area contributed by atoms with Crippen LogP contribution in [-0.2, 0) is 6.54 Å². The van der Waals surface area contributed by atoms with Crippen molar-refractivity contribution in [3.05, 3.63) is 67.8 Å². The molecule has 0 unspecified atom stereocenters. The van der Waals surface area contributed by atoms with Gasteiger partial charge in [0.05, 0.1) is 18.9 Å². The largest absolute Gasteiger partial charge is 0.494 e. The van der Waals surface area contributed by atoms with Crippen molar-refractivity contribution in [2.24, 2.45) is 5.10 Å². The van der Waals surface area contributed by atoms with Crippen LogP contribution in [0.5, 0.6) is 5.75 Å². The van der Waals surface area contributed by atoms with Crippen molar-refractivity contribution >= 4 is 23.0 Å². The summed E-state index contributed by atoms with van der Waals surface area (Å²) in [5, 5.41) is 14.2. The molecule has 9 heteroatoms. The topological polar surface area (TPSA) is 108 Å². The smallest absolute Gasteiger partial charge is 0.252 e. The second-order valence-electron chi connectivity index (χ2n) is 6.14. The first-order valence-electron chi connectivity index (χ1n) is 8.79. The molecule has 0 spiro atoms. The van der Waals surface area contributed by atoms with Gasteiger partial charge in [0.1, 0.15) is 5.75 Å². The third kappa shape index (κ3) is 4.74. The second kappa shape index (κ2) is 8.66. The van der Waals surface area contributed by atoms with Gasteiger partial charge in [-0.3, -0.25) is 15.2 Å². The number of benzene rings is 1. The molecule has 3 aromatic rings. The van der Waals surface area contributed by atoms with E-state index in [4.69, 9.17) is 10.1 Å². The molecule has 0 saturated carbocycles. The molecule has 0 bridgehead atoms. The Morgan fingerprint density at radius 1 is 1.43 bits per heavy atom. The molecular formula is C19H22N6O2S. The monoisotopic (exact) mass is 398 g/mol. The first-order chi connectivity index (χ1) is 13.5. The molecule has 0 aliphatic carbocycles. The molecule has 28 heavy (non-hydrogen) atoms. The molecule has 3 rings (SSSR count). The standard InChI is InChI=1S/C19H22N6O2S/c1-4-27-16-6-5-14(10-15(16)11-25-7-8-28-18(25)20)13(3)23-24-19-21-12(2)9-17(26)22-19/h5-10,20H,4,11H2,1-3H3,(H2,21,22,24,26)/b20-18?,23-13-. The van der Waals surface area contributed by atoms with Gasteiger partial charge in [0, 0.05) is 28.9 Å². The molecule has 0 radical (unpaired) electrons. The number of nitrogens with one attached hydrogen (secondary N) is 3. The van der Waals surface area contributed by atoms with Gasteiger partial charge in [0.25, 0.3) is 5.56 Å². The fourth-order valence-corrected chi connectivity index (χ4v) is 3.27. The number of rotatable bonds is 7. The summed E-state index contributed by atoms with van der Waals surface area (Å²) < 4.78 is 7.60. The Morgan fingerprint density at radius 2 is 2.25 bits per heavy atom. The van der Waals surface area contributed by atoms with Crippen molar-refractivity contribution in [3.63, 3.8) is 0 Å². The number of hydrazone groups is 1. The molecule has 146 valence electrons. The van der Waals surface area contributed by atoms with E-state index in [1.807, 2.05) is 48.2 Å². The number of aromatic amines is 1. The first-order valence-corrected chi connectivity index (χ1v) is 9.67. The summed E-state index contributed by atoms with van der Waals surface area (Å²) in [6.45, 7) is 6.67. The number of hydrogen-bond donors (Lipinski definition) is 3. The van der Waals surface area contributed by atoms with Crippen LogP contribution in [0, 0.1) is 12.3 Å². The lowest BCUT2D eigenvalue weighted by molar-refractivity contribution is 0.335. The number of ether oxygens (including phenoxy) is 1. The van der Waals surface area contributed by atoms with E-state index in [9.17, 15) is 4.79 Å². The highest BCUT2D eigenvalue weighted by molar-refractivity contribution is 7.06. The highest BCUT2D eigenvalue weighted by Crippen LogP contribution is 2.22. The summed E-state index contributed by atoms with van der Waals surface area (Å²) in [5.74, 6) is 1.08. The molecule has 1 aromatic carbocycles. The van der Waals surface area contributed by atoms with Crippen molar-refractivity contribution in [3.8, 4) is 5.75 Å². The van der Waals surface area contributed by atoms with Crippen LogP contribution < -0.4 is 20.5 Å². The SMILES string of the molecule is CCOc1ccc(/C(C)=N\Nc2nc(C)cc(=O)[nH]2)cc1Cn1ccsc1=N.